The number of carbonyl (C=O) groups is 2. The molecule has 2 aromatic rings. The maximum absolute atomic E-state index is 12.4. The Labute approximate surface area is 141 Å². The van der Waals surface area contributed by atoms with Crippen molar-refractivity contribution in [2.75, 3.05) is 13.1 Å². The number of rotatable bonds is 6. The molecular weight excluding hydrogens is 302 g/mol. The molecule has 0 bridgehead atoms. The lowest BCUT2D eigenvalue weighted by atomic mass is 10.1. The SMILES string of the molecule is O=C(N[C@H]1CCN(CCCc2ccccc2)C1=O)c1ccncc1. The minimum Gasteiger partial charge on any atom is -0.341 e. The van der Waals surface area contributed by atoms with Crippen molar-refractivity contribution in [2.24, 2.45) is 0 Å². The Balaban J connectivity index is 1.47. The van der Waals surface area contributed by atoms with Gasteiger partial charge in [0.2, 0.25) is 5.91 Å². The van der Waals surface area contributed by atoms with Crippen LogP contribution in [0.25, 0.3) is 0 Å². The van der Waals surface area contributed by atoms with Gasteiger partial charge in [0.15, 0.2) is 0 Å². The molecule has 0 spiro atoms. The van der Waals surface area contributed by atoms with Crippen molar-refractivity contribution >= 4 is 11.8 Å². The molecule has 0 radical (unpaired) electrons. The molecule has 1 saturated heterocycles. The summed E-state index contributed by atoms with van der Waals surface area (Å²) in [7, 11) is 0. The number of benzene rings is 1. The van der Waals surface area contributed by atoms with Crippen LogP contribution >= 0.6 is 0 Å². The van der Waals surface area contributed by atoms with Crippen molar-refractivity contribution < 1.29 is 9.59 Å². The van der Waals surface area contributed by atoms with Crippen LogP contribution in [0.3, 0.4) is 0 Å². The van der Waals surface area contributed by atoms with E-state index in [1.165, 1.54) is 5.56 Å². The molecule has 2 amide bonds. The zero-order valence-electron chi connectivity index (χ0n) is 13.5. The largest absolute Gasteiger partial charge is 0.341 e. The summed E-state index contributed by atoms with van der Waals surface area (Å²) in [6, 6.07) is 13.1. The van der Waals surface area contributed by atoms with Gasteiger partial charge in [0, 0.05) is 31.0 Å². The number of carbonyl (C=O) groups excluding carboxylic acids is 2. The topological polar surface area (TPSA) is 62.3 Å². The van der Waals surface area contributed by atoms with Gasteiger partial charge in [-0.15, -0.1) is 0 Å². The van der Waals surface area contributed by atoms with Crippen LogP contribution in [0.5, 0.6) is 0 Å². The maximum atomic E-state index is 12.4. The lowest BCUT2D eigenvalue weighted by molar-refractivity contribution is -0.129. The third-order valence-corrected chi connectivity index (χ3v) is 4.28. The Kier molecular flexibility index (Phi) is 5.21. The van der Waals surface area contributed by atoms with Crippen LogP contribution in [-0.2, 0) is 11.2 Å². The average molecular weight is 323 g/mol. The van der Waals surface area contributed by atoms with Crippen LogP contribution in [0.4, 0.5) is 0 Å². The summed E-state index contributed by atoms with van der Waals surface area (Å²) < 4.78 is 0. The van der Waals surface area contributed by atoms with Crippen LogP contribution in [0.2, 0.25) is 0 Å². The lowest BCUT2D eigenvalue weighted by Crippen LogP contribution is -2.41. The first-order valence-electron chi connectivity index (χ1n) is 8.27. The van der Waals surface area contributed by atoms with Crippen molar-refractivity contribution in [3.05, 3.63) is 66.0 Å². The Morgan fingerprint density at radius 1 is 1.17 bits per heavy atom. The number of aromatic nitrogens is 1. The minimum atomic E-state index is -0.414. The van der Waals surface area contributed by atoms with Crippen molar-refractivity contribution in [2.45, 2.75) is 25.3 Å². The Hall–Kier alpha value is -2.69. The number of pyridine rings is 1. The zero-order valence-corrected chi connectivity index (χ0v) is 13.5. The molecule has 5 heteroatoms. The highest BCUT2D eigenvalue weighted by Crippen LogP contribution is 2.13. The molecule has 1 aliphatic rings. The Morgan fingerprint density at radius 2 is 1.92 bits per heavy atom. The minimum absolute atomic E-state index is 0.0190. The fourth-order valence-electron chi connectivity index (χ4n) is 2.96. The summed E-state index contributed by atoms with van der Waals surface area (Å²) in [5.74, 6) is -0.202. The highest BCUT2D eigenvalue weighted by molar-refractivity contribution is 5.97. The van der Waals surface area contributed by atoms with E-state index in [1.54, 1.807) is 24.5 Å². The molecular formula is C19H21N3O2. The predicted octanol–water partition coefficient (Wildman–Crippen LogP) is 2.05. The molecule has 1 N–H and O–H groups in total. The van der Waals surface area contributed by atoms with Gasteiger partial charge in [-0.1, -0.05) is 30.3 Å². The summed E-state index contributed by atoms with van der Waals surface area (Å²) >= 11 is 0. The van der Waals surface area contributed by atoms with E-state index in [1.807, 2.05) is 23.1 Å². The number of nitrogens with one attached hydrogen (secondary N) is 1. The Morgan fingerprint density at radius 3 is 2.67 bits per heavy atom. The van der Waals surface area contributed by atoms with Gasteiger partial charge in [-0.05, 0) is 37.0 Å². The second kappa shape index (κ2) is 7.73. The van der Waals surface area contributed by atoms with Crippen molar-refractivity contribution in [1.29, 1.82) is 0 Å². The number of nitrogens with zero attached hydrogens (tertiary/aromatic N) is 2. The standard InChI is InChI=1S/C19H21N3O2/c23-18(16-8-11-20-12-9-16)21-17-10-14-22(19(17)24)13-4-7-15-5-2-1-3-6-15/h1-3,5-6,8-9,11-12,17H,4,7,10,13-14H2,(H,21,23)/t17-/m0/s1. The van der Waals surface area contributed by atoms with Gasteiger partial charge in [-0.3, -0.25) is 14.6 Å². The van der Waals surface area contributed by atoms with E-state index in [2.05, 4.69) is 22.4 Å². The van der Waals surface area contributed by atoms with Crippen LogP contribution in [0.15, 0.2) is 54.9 Å². The molecule has 0 unspecified atom stereocenters. The molecule has 1 fully saturated rings. The second-order valence-corrected chi connectivity index (χ2v) is 5.97. The zero-order chi connectivity index (χ0) is 16.8. The van der Waals surface area contributed by atoms with E-state index in [-0.39, 0.29) is 11.8 Å². The van der Waals surface area contributed by atoms with Gasteiger partial charge in [-0.25, -0.2) is 0 Å². The van der Waals surface area contributed by atoms with Gasteiger partial charge < -0.3 is 10.2 Å². The molecule has 0 aliphatic carbocycles. The number of hydrogen-bond acceptors (Lipinski definition) is 3. The number of aryl methyl sites for hydroxylation is 1. The number of amides is 2. The molecule has 1 atom stereocenters. The van der Waals surface area contributed by atoms with Gasteiger partial charge in [0.05, 0.1) is 0 Å². The first-order chi connectivity index (χ1) is 11.7. The Bertz CT molecular complexity index is 688. The van der Waals surface area contributed by atoms with Crippen molar-refractivity contribution in [1.82, 2.24) is 15.2 Å². The molecule has 5 nitrogen and oxygen atoms in total. The lowest BCUT2D eigenvalue weighted by Gasteiger charge is -2.17. The summed E-state index contributed by atoms with van der Waals surface area (Å²) in [4.78, 5) is 30.3. The summed E-state index contributed by atoms with van der Waals surface area (Å²) in [6.07, 6.45) is 5.70. The van der Waals surface area contributed by atoms with Crippen LogP contribution in [0, 0.1) is 0 Å². The van der Waals surface area contributed by atoms with Gasteiger partial charge in [-0.2, -0.15) is 0 Å². The normalized spacial score (nSPS) is 17.1. The summed E-state index contributed by atoms with van der Waals surface area (Å²) in [5.41, 5.74) is 1.81. The highest BCUT2D eigenvalue weighted by atomic mass is 16.2. The van der Waals surface area contributed by atoms with Crippen LogP contribution in [-0.4, -0.2) is 40.8 Å². The third-order valence-electron chi connectivity index (χ3n) is 4.28. The van der Waals surface area contributed by atoms with Gasteiger partial charge in [0.1, 0.15) is 6.04 Å². The van der Waals surface area contributed by atoms with E-state index in [0.29, 0.717) is 18.5 Å². The number of likely N-dealkylation sites (tertiary alicyclic amines) is 1. The quantitative estimate of drug-likeness (QED) is 0.885. The van der Waals surface area contributed by atoms with E-state index in [9.17, 15) is 9.59 Å². The third kappa shape index (κ3) is 3.98. The van der Waals surface area contributed by atoms with Crippen LogP contribution in [0.1, 0.15) is 28.8 Å². The van der Waals surface area contributed by atoms with E-state index < -0.39 is 6.04 Å². The molecule has 1 aromatic carbocycles. The molecule has 124 valence electrons. The molecule has 1 aliphatic heterocycles. The van der Waals surface area contributed by atoms with Crippen molar-refractivity contribution in [3.63, 3.8) is 0 Å². The molecule has 0 saturated carbocycles. The first-order valence-corrected chi connectivity index (χ1v) is 8.27. The molecule has 1 aromatic heterocycles. The monoisotopic (exact) mass is 323 g/mol. The maximum Gasteiger partial charge on any atom is 0.252 e. The molecule has 24 heavy (non-hydrogen) atoms. The van der Waals surface area contributed by atoms with Gasteiger partial charge >= 0.3 is 0 Å². The second-order valence-electron chi connectivity index (χ2n) is 5.97. The van der Waals surface area contributed by atoms with E-state index in [0.717, 1.165) is 19.4 Å². The predicted molar refractivity (Wildman–Crippen MR) is 91.5 cm³/mol. The smallest absolute Gasteiger partial charge is 0.252 e. The van der Waals surface area contributed by atoms with Crippen molar-refractivity contribution in [3.8, 4) is 0 Å². The van der Waals surface area contributed by atoms with E-state index >= 15 is 0 Å². The molecule has 2 heterocycles. The summed E-state index contributed by atoms with van der Waals surface area (Å²) in [6.45, 7) is 1.43. The van der Waals surface area contributed by atoms with Gasteiger partial charge in [0.25, 0.3) is 5.91 Å². The molecule has 3 rings (SSSR count). The average Bonchev–Trinajstić information content (AvgIpc) is 2.97. The number of hydrogen-bond donors (Lipinski definition) is 1. The van der Waals surface area contributed by atoms with E-state index in [4.69, 9.17) is 0 Å². The first kappa shape index (κ1) is 16.2. The van der Waals surface area contributed by atoms with Crippen LogP contribution < -0.4 is 5.32 Å². The fourth-order valence-corrected chi connectivity index (χ4v) is 2.96. The fraction of sp³-hybridized carbons (Fsp3) is 0.316. The highest BCUT2D eigenvalue weighted by Gasteiger charge is 2.32. The summed E-state index contributed by atoms with van der Waals surface area (Å²) in [5, 5.41) is 2.83.